The standard InChI is InChI=1S/C15H12ClN3O4/c1-9-12(6-3-7-13(9)19(22)23)15(21)18-17-14(20)10-4-2-5-11(16)8-10/h2-8H,1H3,(H,17,20)(H,18,21). The van der Waals surface area contributed by atoms with Crippen LogP contribution in [0.3, 0.4) is 0 Å². The summed E-state index contributed by atoms with van der Waals surface area (Å²) in [6.07, 6.45) is 0. The van der Waals surface area contributed by atoms with E-state index < -0.39 is 16.7 Å². The number of hydrogen-bond donors (Lipinski definition) is 2. The number of nitrogens with one attached hydrogen (secondary N) is 2. The lowest BCUT2D eigenvalue weighted by Gasteiger charge is -2.09. The average molecular weight is 334 g/mol. The second kappa shape index (κ2) is 6.89. The first-order chi connectivity index (χ1) is 10.9. The molecule has 0 saturated carbocycles. The molecule has 0 heterocycles. The molecule has 2 amide bonds. The Kier molecular flexibility index (Phi) is 4.92. The molecule has 2 rings (SSSR count). The summed E-state index contributed by atoms with van der Waals surface area (Å²) in [6.45, 7) is 1.46. The molecule has 118 valence electrons. The van der Waals surface area contributed by atoms with Crippen LogP contribution < -0.4 is 10.9 Å². The second-order valence-corrected chi connectivity index (χ2v) is 5.06. The number of carbonyl (C=O) groups excluding carboxylic acids is 2. The van der Waals surface area contributed by atoms with Crippen LogP contribution in [0.2, 0.25) is 5.02 Å². The fourth-order valence-corrected chi connectivity index (χ4v) is 2.14. The van der Waals surface area contributed by atoms with Gasteiger partial charge in [0.1, 0.15) is 0 Å². The summed E-state index contributed by atoms with van der Waals surface area (Å²) in [4.78, 5) is 34.3. The normalized spacial score (nSPS) is 10.0. The number of hydrazine groups is 1. The van der Waals surface area contributed by atoms with Crippen LogP contribution in [0.4, 0.5) is 5.69 Å². The van der Waals surface area contributed by atoms with Gasteiger partial charge in [-0.2, -0.15) is 0 Å². The molecule has 0 bridgehead atoms. The lowest BCUT2D eigenvalue weighted by Crippen LogP contribution is -2.41. The number of halogens is 1. The number of carbonyl (C=O) groups is 2. The van der Waals surface area contributed by atoms with E-state index in [1.807, 2.05) is 0 Å². The molecule has 0 aliphatic heterocycles. The van der Waals surface area contributed by atoms with E-state index in [1.165, 1.54) is 37.3 Å². The molecule has 0 spiro atoms. The predicted molar refractivity (Wildman–Crippen MR) is 84.2 cm³/mol. The molecule has 0 fully saturated rings. The molecular weight excluding hydrogens is 322 g/mol. The van der Waals surface area contributed by atoms with Crippen LogP contribution in [0, 0.1) is 17.0 Å². The topological polar surface area (TPSA) is 101 Å². The molecule has 2 N–H and O–H groups in total. The van der Waals surface area contributed by atoms with Gasteiger partial charge in [-0.1, -0.05) is 23.7 Å². The fourth-order valence-electron chi connectivity index (χ4n) is 1.95. The summed E-state index contributed by atoms with van der Waals surface area (Å²) in [5.74, 6) is -1.20. The lowest BCUT2D eigenvalue weighted by molar-refractivity contribution is -0.385. The van der Waals surface area contributed by atoms with E-state index in [2.05, 4.69) is 10.9 Å². The number of nitro benzene ring substituents is 1. The SMILES string of the molecule is Cc1c(C(=O)NNC(=O)c2cccc(Cl)c2)cccc1[N+](=O)[O-]. The number of nitrogens with zero attached hydrogens (tertiary/aromatic N) is 1. The average Bonchev–Trinajstić information content (AvgIpc) is 2.52. The van der Waals surface area contributed by atoms with E-state index in [1.54, 1.807) is 12.1 Å². The Bertz CT molecular complexity index is 792. The van der Waals surface area contributed by atoms with Gasteiger partial charge in [-0.05, 0) is 31.2 Å². The summed E-state index contributed by atoms with van der Waals surface area (Å²) in [5.41, 5.74) is 4.87. The third-order valence-electron chi connectivity index (χ3n) is 3.12. The molecule has 0 aliphatic rings. The van der Waals surface area contributed by atoms with Crippen molar-refractivity contribution in [1.82, 2.24) is 10.9 Å². The first-order valence-electron chi connectivity index (χ1n) is 6.50. The van der Waals surface area contributed by atoms with Crippen molar-refractivity contribution in [2.45, 2.75) is 6.92 Å². The van der Waals surface area contributed by atoms with Crippen LogP contribution in [0.1, 0.15) is 26.3 Å². The van der Waals surface area contributed by atoms with Crippen molar-refractivity contribution in [3.63, 3.8) is 0 Å². The van der Waals surface area contributed by atoms with Crippen LogP contribution in [0.25, 0.3) is 0 Å². The van der Waals surface area contributed by atoms with Crippen molar-refractivity contribution in [3.05, 3.63) is 74.3 Å². The summed E-state index contributed by atoms with van der Waals surface area (Å²) >= 11 is 5.78. The number of benzene rings is 2. The number of amides is 2. The molecule has 0 saturated heterocycles. The van der Waals surface area contributed by atoms with Crippen LogP contribution in [-0.2, 0) is 0 Å². The molecule has 2 aromatic carbocycles. The Morgan fingerprint density at radius 1 is 1.09 bits per heavy atom. The first-order valence-corrected chi connectivity index (χ1v) is 6.88. The number of nitro groups is 1. The van der Waals surface area contributed by atoms with Crippen LogP contribution in [0.5, 0.6) is 0 Å². The van der Waals surface area contributed by atoms with Crippen molar-refractivity contribution in [2.24, 2.45) is 0 Å². The molecule has 0 radical (unpaired) electrons. The highest BCUT2D eigenvalue weighted by Crippen LogP contribution is 2.20. The maximum absolute atomic E-state index is 12.1. The zero-order chi connectivity index (χ0) is 17.0. The highest BCUT2D eigenvalue weighted by atomic mass is 35.5. The van der Waals surface area contributed by atoms with Gasteiger partial charge in [0.25, 0.3) is 17.5 Å². The van der Waals surface area contributed by atoms with Crippen molar-refractivity contribution >= 4 is 29.1 Å². The van der Waals surface area contributed by atoms with Crippen molar-refractivity contribution in [1.29, 1.82) is 0 Å². The molecule has 0 aromatic heterocycles. The predicted octanol–water partition coefficient (Wildman–Crippen LogP) is 2.63. The quantitative estimate of drug-likeness (QED) is 0.665. The highest BCUT2D eigenvalue weighted by Gasteiger charge is 2.18. The fraction of sp³-hybridized carbons (Fsp3) is 0.0667. The summed E-state index contributed by atoms with van der Waals surface area (Å²) in [6, 6.07) is 10.3. The first kappa shape index (κ1) is 16.4. The second-order valence-electron chi connectivity index (χ2n) is 4.63. The summed E-state index contributed by atoms with van der Waals surface area (Å²) in [7, 11) is 0. The van der Waals surface area contributed by atoms with Crippen molar-refractivity contribution < 1.29 is 14.5 Å². The molecule has 23 heavy (non-hydrogen) atoms. The maximum atomic E-state index is 12.1. The smallest absolute Gasteiger partial charge is 0.267 e. The van der Waals surface area contributed by atoms with E-state index in [-0.39, 0.29) is 22.4 Å². The Hall–Kier alpha value is -2.93. The molecule has 2 aromatic rings. The number of rotatable bonds is 3. The molecule has 0 atom stereocenters. The van der Waals surface area contributed by atoms with Gasteiger partial charge >= 0.3 is 0 Å². The van der Waals surface area contributed by atoms with E-state index in [9.17, 15) is 19.7 Å². The number of hydrogen-bond acceptors (Lipinski definition) is 4. The third kappa shape index (κ3) is 3.83. The molecule has 7 nitrogen and oxygen atoms in total. The third-order valence-corrected chi connectivity index (χ3v) is 3.36. The van der Waals surface area contributed by atoms with Crippen molar-refractivity contribution in [3.8, 4) is 0 Å². The summed E-state index contributed by atoms with van der Waals surface area (Å²) < 4.78 is 0. The van der Waals surface area contributed by atoms with E-state index >= 15 is 0 Å². The molecule has 0 aliphatic carbocycles. The Labute approximate surface area is 136 Å². The van der Waals surface area contributed by atoms with Gasteiger partial charge in [-0.3, -0.25) is 30.6 Å². The monoisotopic (exact) mass is 333 g/mol. The lowest BCUT2D eigenvalue weighted by atomic mass is 10.1. The van der Waals surface area contributed by atoms with E-state index in [0.29, 0.717) is 5.02 Å². The zero-order valence-electron chi connectivity index (χ0n) is 12.0. The van der Waals surface area contributed by atoms with E-state index in [4.69, 9.17) is 11.6 Å². The highest BCUT2D eigenvalue weighted by molar-refractivity contribution is 6.30. The van der Waals surface area contributed by atoms with Crippen LogP contribution >= 0.6 is 11.6 Å². The minimum absolute atomic E-state index is 0.102. The minimum Gasteiger partial charge on any atom is -0.267 e. The van der Waals surface area contributed by atoms with Crippen LogP contribution in [-0.4, -0.2) is 16.7 Å². The zero-order valence-corrected chi connectivity index (χ0v) is 12.8. The largest absolute Gasteiger partial charge is 0.273 e. The molecule has 0 unspecified atom stereocenters. The Morgan fingerprint density at radius 3 is 2.39 bits per heavy atom. The van der Waals surface area contributed by atoms with Gasteiger partial charge in [0.15, 0.2) is 0 Å². The van der Waals surface area contributed by atoms with Gasteiger partial charge in [0.05, 0.1) is 10.5 Å². The van der Waals surface area contributed by atoms with Crippen molar-refractivity contribution in [2.75, 3.05) is 0 Å². The van der Waals surface area contributed by atoms with Crippen LogP contribution in [0.15, 0.2) is 42.5 Å². The Morgan fingerprint density at radius 2 is 1.74 bits per heavy atom. The van der Waals surface area contributed by atoms with Gasteiger partial charge in [-0.25, -0.2) is 0 Å². The Balaban J connectivity index is 2.10. The minimum atomic E-state index is -0.651. The molecule has 8 heteroatoms. The summed E-state index contributed by atoms with van der Waals surface area (Å²) in [5, 5.41) is 11.3. The molecular formula is C15H12ClN3O4. The van der Waals surface area contributed by atoms with Gasteiger partial charge in [0.2, 0.25) is 0 Å². The maximum Gasteiger partial charge on any atom is 0.273 e. The van der Waals surface area contributed by atoms with Gasteiger partial charge < -0.3 is 0 Å². The van der Waals surface area contributed by atoms with Gasteiger partial charge in [0, 0.05) is 22.2 Å². The van der Waals surface area contributed by atoms with E-state index in [0.717, 1.165) is 0 Å². The van der Waals surface area contributed by atoms with Gasteiger partial charge in [-0.15, -0.1) is 0 Å².